The van der Waals surface area contributed by atoms with Gasteiger partial charge in [0.2, 0.25) is 0 Å². The molecule has 1 aromatic carbocycles. The summed E-state index contributed by atoms with van der Waals surface area (Å²) in [6.07, 6.45) is 5.47. The van der Waals surface area contributed by atoms with Crippen molar-refractivity contribution in [2.24, 2.45) is 0 Å². The molecule has 5 nitrogen and oxygen atoms in total. The van der Waals surface area contributed by atoms with Gasteiger partial charge in [-0.1, -0.05) is 0 Å². The van der Waals surface area contributed by atoms with Crippen molar-refractivity contribution in [2.45, 2.75) is 4.90 Å². The van der Waals surface area contributed by atoms with E-state index in [2.05, 4.69) is 15.0 Å². The molecule has 3 rings (SSSR count). The number of aromatic nitrogens is 3. The summed E-state index contributed by atoms with van der Waals surface area (Å²) in [5, 5.41) is 8.57. The van der Waals surface area contributed by atoms with Crippen molar-refractivity contribution in [1.82, 2.24) is 15.0 Å². The van der Waals surface area contributed by atoms with Crippen LogP contribution in [0.2, 0.25) is 0 Å². The Labute approximate surface area is 126 Å². The summed E-state index contributed by atoms with van der Waals surface area (Å²) in [6.45, 7) is 0.0451. The molecule has 3 aromatic rings. The maximum atomic E-state index is 8.57. The van der Waals surface area contributed by atoms with Crippen LogP contribution in [0.15, 0.2) is 41.6 Å². The average molecular weight is 296 g/mol. The van der Waals surface area contributed by atoms with E-state index in [9.17, 15) is 0 Å². The number of pyridine rings is 1. The molecule has 0 aliphatic carbocycles. The molecule has 2 aromatic heterocycles. The zero-order valence-electron chi connectivity index (χ0n) is 11.3. The van der Waals surface area contributed by atoms with Crippen molar-refractivity contribution < 1.29 is 4.74 Å². The van der Waals surface area contributed by atoms with Crippen LogP contribution in [-0.4, -0.2) is 27.8 Å². The molecular weight excluding hydrogens is 284 g/mol. The van der Waals surface area contributed by atoms with E-state index < -0.39 is 0 Å². The number of aromatic amines is 1. The predicted octanol–water partition coefficient (Wildman–Crippen LogP) is 3.25. The van der Waals surface area contributed by atoms with E-state index in [1.165, 1.54) is 0 Å². The van der Waals surface area contributed by atoms with Crippen molar-refractivity contribution >= 4 is 22.8 Å². The lowest BCUT2D eigenvalue weighted by atomic mass is 10.2. The fourth-order valence-corrected chi connectivity index (χ4v) is 2.68. The fraction of sp³-hybridized carbons (Fsp3) is 0.133. The number of ether oxygens (including phenoxy) is 1. The Kier molecular flexibility index (Phi) is 3.75. The van der Waals surface area contributed by atoms with E-state index in [-0.39, 0.29) is 6.61 Å². The Hall–Kier alpha value is -2.52. The highest BCUT2D eigenvalue weighted by molar-refractivity contribution is 7.98. The number of benzene rings is 1. The molecule has 0 atom stereocenters. The molecule has 0 aliphatic rings. The first-order valence-corrected chi connectivity index (χ1v) is 7.52. The summed E-state index contributed by atoms with van der Waals surface area (Å²) < 4.78 is 5.33. The molecule has 0 saturated heterocycles. The van der Waals surface area contributed by atoms with Crippen LogP contribution in [0.5, 0.6) is 5.75 Å². The van der Waals surface area contributed by atoms with Crippen molar-refractivity contribution in [2.75, 3.05) is 12.9 Å². The molecular formula is C15H12N4OS. The maximum absolute atomic E-state index is 8.57. The van der Waals surface area contributed by atoms with Crippen LogP contribution in [-0.2, 0) is 0 Å². The molecule has 0 unspecified atom stereocenters. The zero-order chi connectivity index (χ0) is 14.7. The van der Waals surface area contributed by atoms with Gasteiger partial charge in [-0.15, -0.1) is 11.8 Å². The minimum Gasteiger partial charge on any atom is -0.479 e. The zero-order valence-corrected chi connectivity index (χ0v) is 12.1. The predicted molar refractivity (Wildman–Crippen MR) is 82.2 cm³/mol. The minimum atomic E-state index is 0.0451. The van der Waals surface area contributed by atoms with Crippen molar-refractivity contribution in [3.05, 3.63) is 36.7 Å². The Morgan fingerprint density at radius 1 is 1.38 bits per heavy atom. The molecule has 0 aliphatic heterocycles. The smallest absolute Gasteiger partial charge is 0.174 e. The van der Waals surface area contributed by atoms with Gasteiger partial charge in [0.1, 0.15) is 23.2 Å². The quantitative estimate of drug-likeness (QED) is 0.748. The third-order valence-corrected chi connectivity index (χ3v) is 3.79. The summed E-state index contributed by atoms with van der Waals surface area (Å²) >= 11 is 1.61. The van der Waals surface area contributed by atoms with Gasteiger partial charge in [0.25, 0.3) is 0 Å². The summed E-state index contributed by atoms with van der Waals surface area (Å²) in [5.41, 5.74) is 2.80. The lowest BCUT2D eigenvalue weighted by molar-refractivity contribution is 0.367. The van der Waals surface area contributed by atoms with Gasteiger partial charge in [-0.3, -0.25) is 4.98 Å². The first kappa shape index (κ1) is 13.5. The van der Waals surface area contributed by atoms with Crippen LogP contribution in [0.4, 0.5) is 0 Å². The largest absolute Gasteiger partial charge is 0.479 e. The first-order valence-electron chi connectivity index (χ1n) is 6.29. The number of imidazole rings is 1. The van der Waals surface area contributed by atoms with Crippen LogP contribution in [0.3, 0.4) is 0 Å². The molecule has 21 heavy (non-hydrogen) atoms. The Morgan fingerprint density at radius 2 is 2.29 bits per heavy atom. The second kappa shape index (κ2) is 5.85. The van der Waals surface area contributed by atoms with Crippen molar-refractivity contribution in [1.29, 1.82) is 5.26 Å². The molecule has 6 heteroatoms. The number of nitrogens with zero attached hydrogens (tertiary/aromatic N) is 3. The van der Waals surface area contributed by atoms with E-state index in [0.29, 0.717) is 5.75 Å². The van der Waals surface area contributed by atoms with E-state index >= 15 is 0 Å². The van der Waals surface area contributed by atoms with Crippen molar-refractivity contribution in [3.8, 4) is 23.2 Å². The molecule has 104 valence electrons. The number of H-pyrrole nitrogens is 1. The third-order valence-electron chi connectivity index (χ3n) is 3.02. The summed E-state index contributed by atoms with van der Waals surface area (Å²) in [7, 11) is 0. The monoisotopic (exact) mass is 296 g/mol. The van der Waals surface area contributed by atoms with Crippen LogP contribution in [0.1, 0.15) is 0 Å². The maximum Gasteiger partial charge on any atom is 0.174 e. The minimum absolute atomic E-state index is 0.0451. The number of rotatable bonds is 4. The lowest BCUT2D eigenvalue weighted by Gasteiger charge is -2.08. The molecule has 0 saturated carbocycles. The summed E-state index contributed by atoms with van der Waals surface area (Å²) in [6, 6.07) is 9.57. The molecule has 2 heterocycles. The fourth-order valence-electron chi connectivity index (χ4n) is 2.06. The molecule has 0 radical (unpaired) electrons. The molecule has 0 spiro atoms. The number of nitrogens with one attached hydrogen (secondary N) is 1. The summed E-state index contributed by atoms with van der Waals surface area (Å²) in [4.78, 5) is 13.0. The second-order valence-corrected chi connectivity index (χ2v) is 5.14. The molecule has 1 N–H and O–H groups in total. The number of nitriles is 1. The van der Waals surface area contributed by atoms with Gasteiger partial charge in [0, 0.05) is 16.7 Å². The van der Waals surface area contributed by atoms with Gasteiger partial charge in [-0.05, 0) is 30.5 Å². The molecule has 0 bridgehead atoms. The van der Waals surface area contributed by atoms with E-state index in [0.717, 1.165) is 27.3 Å². The van der Waals surface area contributed by atoms with Gasteiger partial charge in [-0.2, -0.15) is 5.26 Å². The number of hydrogen-bond donors (Lipinski definition) is 1. The number of hydrogen-bond acceptors (Lipinski definition) is 5. The van der Waals surface area contributed by atoms with Crippen LogP contribution in [0, 0.1) is 11.3 Å². The molecule has 0 fully saturated rings. The van der Waals surface area contributed by atoms with Gasteiger partial charge in [0.15, 0.2) is 6.61 Å². The Balaban J connectivity index is 2.03. The standard InChI is InChI=1S/C15H12N4OS/c1-21-14-8-10(20-7-5-16)2-3-11(14)15-18-12-4-6-17-9-13(12)19-15/h2-4,6,8-9H,7H2,1H3,(H,18,19). The average Bonchev–Trinajstić information content (AvgIpc) is 2.96. The van der Waals surface area contributed by atoms with Gasteiger partial charge in [0.05, 0.1) is 11.7 Å². The van der Waals surface area contributed by atoms with E-state index in [1.807, 2.05) is 36.6 Å². The Morgan fingerprint density at radius 3 is 3.05 bits per heavy atom. The molecule has 0 amide bonds. The Bertz CT molecular complexity index is 789. The van der Waals surface area contributed by atoms with Crippen LogP contribution < -0.4 is 4.74 Å². The van der Waals surface area contributed by atoms with Gasteiger partial charge in [-0.25, -0.2) is 4.98 Å². The summed E-state index contributed by atoms with van der Waals surface area (Å²) in [5.74, 6) is 1.48. The van der Waals surface area contributed by atoms with Crippen LogP contribution >= 0.6 is 11.8 Å². The number of fused-ring (bicyclic) bond motifs is 1. The third kappa shape index (κ3) is 2.69. The highest BCUT2D eigenvalue weighted by atomic mass is 32.2. The van der Waals surface area contributed by atoms with Crippen molar-refractivity contribution in [3.63, 3.8) is 0 Å². The SMILES string of the molecule is CSc1cc(OCC#N)ccc1-c1nc2cnccc2[nH]1. The second-order valence-electron chi connectivity index (χ2n) is 4.29. The normalized spacial score (nSPS) is 10.5. The van der Waals surface area contributed by atoms with Gasteiger partial charge >= 0.3 is 0 Å². The van der Waals surface area contributed by atoms with E-state index in [1.54, 1.807) is 24.2 Å². The highest BCUT2D eigenvalue weighted by Gasteiger charge is 2.11. The van der Waals surface area contributed by atoms with Gasteiger partial charge < -0.3 is 9.72 Å². The highest BCUT2D eigenvalue weighted by Crippen LogP contribution is 2.32. The topological polar surface area (TPSA) is 74.6 Å². The lowest BCUT2D eigenvalue weighted by Crippen LogP contribution is -1.94. The van der Waals surface area contributed by atoms with E-state index in [4.69, 9.17) is 10.00 Å². The number of thioether (sulfide) groups is 1. The van der Waals surface area contributed by atoms with Crippen LogP contribution in [0.25, 0.3) is 22.4 Å². The first-order chi connectivity index (χ1) is 10.3.